The largest absolute Gasteiger partial charge is 0.485 e. The lowest BCUT2D eigenvalue weighted by molar-refractivity contribution is -0.132. The van der Waals surface area contributed by atoms with Gasteiger partial charge in [0.2, 0.25) is 6.10 Å². The zero-order valence-corrected chi connectivity index (χ0v) is 14.4. The lowest BCUT2D eigenvalue weighted by atomic mass is 10.2. The minimum atomic E-state index is -0.815. The van der Waals surface area contributed by atoms with E-state index in [-0.39, 0.29) is 13.2 Å². The first-order valence-electron chi connectivity index (χ1n) is 7.86. The van der Waals surface area contributed by atoms with E-state index >= 15 is 0 Å². The van der Waals surface area contributed by atoms with Crippen LogP contribution in [0.4, 0.5) is 0 Å². The van der Waals surface area contributed by atoms with E-state index in [0.717, 1.165) is 0 Å². The van der Waals surface area contributed by atoms with Gasteiger partial charge in [0, 0.05) is 10.6 Å². The van der Waals surface area contributed by atoms with Crippen LogP contribution in [0.3, 0.4) is 0 Å². The highest BCUT2D eigenvalue weighted by Crippen LogP contribution is 2.30. The van der Waals surface area contributed by atoms with Crippen molar-refractivity contribution in [2.75, 3.05) is 13.2 Å². The molecule has 26 heavy (non-hydrogen) atoms. The molecule has 2 aromatic carbocycles. The van der Waals surface area contributed by atoms with Gasteiger partial charge < -0.3 is 14.8 Å². The lowest BCUT2D eigenvalue weighted by Crippen LogP contribution is -2.46. The molecule has 1 unspecified atom stereocenters. The van der Waals surface area contributed by atoms with Crippen LogP contribution in [0.2, 0.25) is 5.02 Å². The molecule has 0 bridgehead atoms. The van der Waals surface area contributed by atoms with E-state index in [2.05, 4.69) is 15.8 Å². The van der Waals surface area contributed by atoms with Crippen LogP contribution in [-0.4, -0.2) is 37.3 Å². The average molecular weight is 374 g/mol. The number of halogens is 1. The molecule has 2 amide bonds. The molecule has 134 valence electrons. The number of hydrogen-bond acceptors (Lipinski definition) is 5. The molecule has 1 heterocycles. The molecule has 0 spiro atoms. The van der Waals surface area contributed by atoms with E-state index in [1.54, 1.807) is 42.5 Å². The number of para-hydroxylation sites is 2. The van der Waals surface area contributed by atoms with Gasteiger partial charge in [0.25, 0.3) is 11.8 Å². The molecule has 0 aromatic heterocycles. The van der Waals surface area contributed by atoms with E-state index in [0.29, 0.717) is 22.1 Å². The summed E-state index contributed by atoms with van der Waals surface area (Å²) < 4.78 is 11.0. The number of carbonyl (C=O) groups is 2. The van der Waals surface area contributed by atoms with Crippen molar-refractivity contribution >= 4 is 29.6 Å². The Morgan fingerprint density at radius 1 is 1.15 bits per heavy atom. The number of hydrazone groups is 1. The van der Waals surface area contributed by atoms with Crippen molar-refractivity contribution in [3.8, 4) is 11.5 Å². The number of carbonyl (C=O) groups excluding carboxylic acids is 2. The fourth-order valence-corrected chi connectivity index (χ4v) is 2.41. The summed E-state index contributed by atoms with van der Waals surface area (Å²) >= 11 is 5.98. The fourth-order valence-electron chi connectivity index (χ4n) is 2.22. The zero-order valence-electron chi connectivity index (χ0n) is 13.6. The number of nitrogens with zero attached hydrogens (tertiary/aromatic N) is 1. The quantitative estimate of drug-likeness (QED) is 0.617. The van der Waals surface area contributed by atoms with E-state index in [1.165, 1.54) is 6.21 Å². The highest BCUT2D eigenvalue weighted by atomic mass is 35.5. The van der Waals surface area contributed by atoms with Gasteiger partial charge in [-0.25, -0.2) is 5.43 Å². The first-order chi connectivity index (χ1) is 12.6. The first-order valence-corrected chi connectivity index (χ1v) is 8.24. The van der Waals surface area contributed by atoms with Gasteiger partial charge in [-0.15, -0.1) is 0 Å². The van der Waals surface area contributed by atoms with Crippen LogP contribution in [0.15, 0.2) is 53.6 Å². The topological polar surface area (TPSA) is 89.0 Å². The number of nitrogens with one attached hydrogen (secondary N) is 2. The van der Waals surface area contributed by atoms with Gasteiger partial charge in [-0.2, -0.15) is 5.10 Å². The van der Waals surface area contributed by atoms with Gasteiger partial charge in [-0.05, 0) is 18.2 Å². The molecule has 3 rings (SSSR count). The normalized spacial score (nSPS) is 15.5. The summed E-state index contributed by atoms with van der Waals surface area (Å²) in [6.07, 6.45) is 0.612. The summed E-state index contributed by atoms with van der Waals surface area (Å²) in [6.45, 7) is -0.157. The molecule has 1 aliphatic rings. The van der Waals surface area contributed by atoms with Gasteiger partial charge in [-0.3, -0.25) is 9.59 Å². The molecule has 0 radical (unpaired) electrons. The van der Waals surface area contributed by atoms with Crippen molar-refractivity contribution < 1.29 is 19.1 Å². The number of benzene rings is 2. The molecule has 0 fully saturated rings. The molecular formula is C18H16ClN3O4. The van der Waals surface area contributed by atoms with E-state index in [1.807, 2.05) is 6.07 Å². The Bertz CT molecular complexity index is 841. The summed E-state index contributed by atoms with van der Waals surface area (Å²) in [5, 5.41) is 6.82. The number of rotatable bonds is 5. The van der Waals surface area contributed by atoms with Crippen LogP contribution in [0, 0.1) is 0 Å². The second-order valence-corrected chi connectivity index (χ2v) is 5.80. The summed E-state index contributed by atoms with van der Waals surface area (Å²) in [6, 6.07) is 14.2. The third-order valence-electron chi connectivity index (χ3n) is 3.52. The van der Waals surface area contributed by atoms with E-state index in [4.69, 9.17) is 21.1 Å². The summed E-state index contributed by atoms with van der Waals surface area (Å²) in [7, 11) is 0. The van der Waals surface area contributed by atoms with Crippen molar-refractivity contribution in [1.82, 2.24) is 10.7 Å². The second-order valence-electron chi connectivity index (χ2n) is 5.40. The fraction of sp³-hybridized carbons (Fsp3) is 0.167. The number of hydrogen-bond donors (Lipinski definition) is 2. The standard InChI is InChI=1S/C18H16ClN3O4/c19-13-6-2-1-5-12(13)9-21-22-17(23)10-20-18(24)16-11-25-14-7-3-4-8-15(14)26-16/h1-9,16H,10-11H2,(H,20,24)(H,22,23). The monoisotopic (exact) mass is 373 g/mol. The number of ether oxygens (including phenoxy) is 2. The molecule has 1 aliphatic heterocycles. The Balaban J connectivity index is 1.45. The van der Waals surface area contributed by atoms with Crippen LogP contribution in [0.1, 0.15) is 5.56 Å². The molecule has 0 aliphatic carbocycles. The maximum absolute atomic E-state index is 12.1. The average Bonchev–Trinajstić information content (AvgIpc) is 2.67. The molecule has 7 nitrogen and oxygen atoms in total. The first kappa shape index (κ1) is 17.8. The van der Waals surface area contributed by atoms with Gasteiger partial charge in [-0.1, -0.05) is 41.9 Å². The maximum Gasteiger partial charge on any atom is 0.265 e. The molecule has 1 atom stereocenters. The van der Waals surface area contributed by atoms with Crippen molar-refractivity contribution in [1.29, 1.82) is 0 Å². The van der Waals surface area contributed by atoms with Gasteiger partial charge >= 0.3 is 0 Å². The van der Waals surface area contributed by atoms with Crippen molar-refractivity contribution in [3.05, 3.63) is 59.1 Å². The SMILES string of the molecule is O=C(CNC(=O)C1COc2ccccc2O1)NN=Cc1ccccc1Cl. The van der Waals surface area contributed by atoms with Crippen LogP contribution in [0.5, 0.6) is 11.5 Å². The molecule has 0 saturated carbocycles. The summed E-state index contributed by atoms with van der Waals surface area (Å²) in [5.41, 5.74) is 2.99. The number of amides is 2. The molecule has 2 N–H and O–H groups in total. The van der Waals surface area contributed by atoms with Crippen molar-refractivity contribution in [2.45, 2.75) is 6.10 Å². The summed E-state index contributed by atoms with van der Waals surface area (Å²) in [5.74, 6) is 0.166. The second kappa shape index (κ2) is 8.35. The summed E-state index contributed by atoms with van der Waals surface area (Å²) in [4.78, 5) is 23.9. The minimum absolute atomic E-state index is 0.0785. The Morgan fingerprint density at radius 2 is 1.88 bits per heavy atom. The molecule has 2 aromatic rings. The lowest BCUT2D eigenvalue weighted by Gasteiger charge is -2.25. The van der Waals surface area contributed by atoms with Crippen LogP contribution in [-0.2, 0) is 9.59 Å². The molecule has 8 heteroatoms. The predicted octanol–water partition coefficient (Wildman–Crippen LogP) is 1.75. The smallest absolute Gasteiger partial charge is 0.265 e. The third kappa shape index (κ3) is 4.52. The zero-order chi connectivity index (χ0) is 18.4. The van der Waals surface area contributed by atoms with Crippen molar-refractivity contribution in [2.24, 2.45) is 5.10 Å². The van der Waals surface area contributed by atoms with Crippen LogP contribution in [0.25, 0.3) is 0 Å². The Hall–Kier alpha value is -3.06. The maximum atomic E-state index is 12.1. The third-order valence-corrected chi connectivity index (χ3v) is 3.87. The van der Waals surface area contributed by atoms with Gasteiger partial charge in [0.1, 0.15) is 6.61 Å². The van der Waals surface area contributed by atoms with E-state index < -0.39 is 17.9 Å². The predicted molar refractivity (Wildman–Crippen MR) is 96.6 cm³/mol. The Labute approximate surface area is 154 Å². The van der Waals surface area contributed by atoms with Gasteiger partial charge in [0.15, 0.2) is 11.5 Å². The van der Waals surface area contributed by atoms with Crippen molar-refractivity contribution in [3.63, 3.8) is 0 Å². The van der Waals surface area contributed by atoms with Gasteiger partial charge in [0.05, 0.1) is 12.8 Å². The van der Waals surface area contributed by atoms with Crippen LogP contribution < -0.4 is 20.2 Å². The Morgan fingerprint density at radius 3 is 2.69 bits per heavy atom. The number of fused-ring (bicyclic) bond motifs is 1. The van der Waals surface area contributed by atoms with E-state index in [9.17, 15) is 9.59 Å². The van der Waals surface area contributed by atoms with Crippen LogP contribution >= 0.6 is 11.6 Å². The molecule has 0 saturated heterocycles. The minimum Gasteiger partial charge on any atom is -0.485 e. The highest BCUT2D eigenvalue weighted by Gasteiger charge is 2.27. The Kier molecular flexibility index (Phi) is 5.70. The molecular weight excluding hydrogens is 358 g/mol. The highest BCUT2D eigenvalue weighted by molar-refractivity contribution is 6.33.